The Labute approximate surface area is 270 Å². The highest BCUT2D eigenvalue weighted by Gasteiger charge is 2.76. The molecule has 0 spiro atoms. The maximum Gasteiger partial charge on any atom is 0.341 e. The van der Waals surface area contributed by atoms with Crippen LogP contribution in [0.15, 0.2) is 22.8 Å². The maximum atomic E-state index is 13.3. The lowest BCUT2D eigenvalue weighted by molar-refractivity contribution is -0.212. The molecule has 3 aliphatic rings. The molecule has 3 rings (SSSR count). The zero-order valence-corrected chi connectivity index (χ0v) is 28.3. The molecule has 1 saturated heterocycles. The van der Waals surface area contributed by atoms with Gasteiger partial charge in [-0.2, -0.15) is 0 Å². The molecule has 8 unspecified atom stereocenters. The number of fused-ring (bicyclic) bond motifs is 3. The lowest BCUT2D eigenvalue weighted by atomic mass is 9.75. The number of unbranched alkanes of at least 4 members (excludes halogenated alkanes) is 4. The topological polar surface area (TPSA) is 172 Å². The Balaban J connectivity index is 2.23. The summed E-state index contributed by atoms with van der Waals surface area (Å²) >= 11 is 0. The van der Waals surface area contributed by atoms with Crippen molar-refractivity contribution in [3.63, 3.8) is 0 Å². The molecule has 1 heterocycles. The summed E-state index contributed by atoms with van der Waals surface area (Å²) in [7, 11) is 0. The van der Waals surface area contributed by atoms with Gasteiger partial charge in [0.2, 0.25) is 0 Å². The van der Waals surface area contributed by atoms with E-state index in [1.807, 2.05) is 0 Å². The first kappa shape index (κ1) is 37.2. The van der Waals surface area contributed by atoms with Gasteiger partial charge < -0.3 is 33.9 Å². The van der Waals surface area contributed by atoms with Gasteiger partial charge in [0.25, 0.3) is 0 Å². The van der Waals surface area contributed by atoms with Crippen LogP contribution in [0.25, 0.3) is 0 Å². The standard InChI is InChI=1S/C34H50O12/c1-9-12-13-14-15-17-24(37)43-28-26-25(20(5)27(28)44-30(38)19(4)11-3)29-34(41,33(8,40)31(39)45-29)22(42-23(36)16-10-2)18-32(26,7)46-21(6)35/h11,22,26-29,40-41H,9-10,12-18H2,1-8H3/b19-11-. The maximum absolute atomic E-state index is 13.3. The second-order valence-corrected chi connectivity index (χ2v) is 13.1. The monoisotopic (exact) mass is 650 g/mol. The van der Waals surface area contributed by atoms with Crippen LogP contribution in [0, 0.1) is 5.92 Å². The Morgan fingerprint density at radius 3 is 2.15 bits per heavy atom. The Hall–Kier alpha value is -3.25. The molecule has 258 valence electrons. The van der Waals surface area contributed by atoms with Crippen molar-refractivity contribution in [3.05, 3.63) is 22.8 Å². The highest BCUT2D eigenvalue weighted by Crippen LogP contribution is 2.57. The van der Waals surface area contributed by atoms with Crippen LogP contribution in [-0.4, -0.2) is 81.3 Å². The molecule has 2 aliphatic carbocycles. The summed E-state index contributed by atoms with van der Waals surface area (Å²) in [5.74, 6) is -5.03. The fourth-order valence-electron chi connectivity index (χ4n) is 6.90. The summed E-state index contributed by atoms with van der Waals surface area (Å²) in [5, 5.41) is 23.9. The fraction of sp³-hybridized carbons (Fsp3) is 0.735. The van der Waals surface area contributed by atoms with E-state index in [0.717, 1.165) is 32.6 Å². The molecule has 12 heteroatoms. The highest BCUT2D eigenvalue weighted by atomic mass is 16.6. The van der Waals surface area contributed by atoms with Gasteiger partial charge in [0, 0.05) is 31.8 Å². The second kappa shape index (κ2) is 14.7. The third-order valence-corrected chi connectivity index (χ3v) is 9.51. The van der Waals surface area contributed by atoms with Gasteiger partial charge in [0.1, 0.15) is 11.7 Å². The number of rotatable bonds is 13. The first-order valence-corrected chi connectivity index (χ1v) is 16.3. The molecule has 0 bridgehead atoms. The summed E-state index contributed by atoms with van der Waals surface area (Å²) < 4.78 is 29.3. The van der Waals surface area contributed by atoms with Crippen molar-refractivity contribution in [2.24, 2.45) is 5.92 Å². The summed E-state index contributed by atoms with van der Waals surface area (Å²) in [6, 6.07) is 0. The van der Waals surface area contributed by atoms with Crippen LogP contribution in [0.3, 0.4) is 0 Å². The lowest BCUT2D eigenvalue weighted by Gasteiger charge is -2.41. The zero-order chi connectivity index (χ0) is 34.6. The van der Waals surface area contributed by atoms with Crippen molar-refractivity contribution in [1.29, 1.82) is 0 Å². The largest absolute Gasteiger partial charge is 0.459 e. The summed E-state index contributed by atoms with van der Waals surface area (Å²) in [6.45, 7) is 12.4. The minimum Gasteiger partial charge on any atom is -0.459 e. The average Bonchev–Trinajstić information content (AvgIpc) is 3.30. The second-order valence-electron chi connectivity index (χ2n) is 13.1. The van der Waals surface area contributed by atoms with E-state index in [4.69, 9.17) is 23.7 Å². The van der Waals surface area contributed by atoms with Gasteiger partial charge in [0.15, 0.2) is 29.5 Å². The Morgan fingerprint density at radius 2 is 1.57 bits per heavy atom. The molecule has 1 saturated carbocycles. The molecule has 2 N–H and O–H groups in total. The molecule has 12 nitrogen and oxygen atoms in total. The van der Waals surface area contributed by atoms with Crippen LogP contribution < -0.4 is 0 Å². The van der Waals surface area contributed by atoms with Crippen LogP contribution in [0.2, 0.25) is 0 Å². The molecule has 46 heavy (non-hydrogen) atoms. The molecule has 0 aromatic carbocycles. The van der Waals surface area contributed by atoms with Crippen LogP contribution in [0.4, 0.5) is 0 Å². The predicted octanol–water partition coefficient (Wildman–Crippen LogP) is 3.93. The number of carbonyl (C=O) groups is 5. The van der Waals surface area contributed by atoms with Crippen molar-refractivity contribution in [1.82, 2.24) is 0 Å². The van der Waals surface area contributed by atoms with E-state index in [9.17, 15) is 34.2 Å². The molecule has 0 aromatic rings. The quantitative estimate of drug-likeness (QED) is 0.0969. The molecule has 1 aliphatic heterocycles. The zero-order valence-electron chi connectivity index (χ0n) is 28.3. The van der Waals surface area contributed by atoms with E-state index in [0.29, 0.717) is 12.8 Å². The molecular weight excluding hydrogens is 600 g/mol. The molecule has 0 amide bonds. The van der Waals surface area contributed by atoms with Gasteiger partial charge in [0.05, 0.1) is 5.92 Å². The number of esters is 5. The number of ether oxygens (including phenoxy) is 5. The first-order valence-electron chi connectivity index (χ1n) is 16.3. The van der Waals surface area contributed by atoms with Gasteiger partial charge in [-0.05, 0) is 58.6 Å². The van der Waals surface area contributed by atoms with Gasteiger partial charge in [-0.1, -0.05) is 45.6 Å². The smallest absolute Gasteiger partial charge is 0.341 e. The normalized spacial score (nSPS) is 33.8. The van der Waals surface area contributed by atoms with Crippen LogP contribution >= 0.6 is 0 Å². The molecule has 8 atom stereocenters. The Kier molecular flexibility index (Phi) is 11.9. The van der Waals surface area contributed by atoms with Crippen molar-refractivity contribution < 1.29 is 57.9 Å². The van der Waals surface area contributed by atoms with Crippen molar-refractivity contribution >= 4 is 29.8 Å². The first-order chi connectivity index (χ1) is 21.5. The highest BCUT2D eigenvalue weighted by molar-refractivity contribution is 5.88. The van der Waals surface area contributed by atoms with Crippen LogP contribution in [0.5, 0.6) is 0 Å². The van der Waals surface area contributed by atoms with Crippen LogP contribution in [-0.2, 0) is 47.7 Å². The lowest BCUT2D eigenvalue weighted by Crippen LogP contribution is -2.64. The molecular formula is C34H50O12. The van der Waals surface area contributed by atoms with Crippen molar-refractivity contribution in [2.75, 3.05) is 0 Å². The molecule has 0 radical (unpaired) electrons. The van der Waals surface area contributed by atoms with Gasteiger partial charge in [-0.15, -0.1) is 0 Å². The number of aliphatic hydroxyl groups is 2. The summed E-state index contributed by atoms with van der Waals surface area (Å²) in [4.78, 5) is 65.1. The molecule has 2 fully saturated rings. The van der Waals surface area contributed by atoms with Gasteiger partial charge in [-0.25, -0.2) is 9.59 Å². The van der Waals surface area contributed by atoms with Gasteiger partial charge >= 0.3 is 29.8 Å². The van der Waals surface area contributed by atoms with E-state index in [-0.39, 0.29) is 29.6 Å². The third kappa shape index (κ3) is 7.02. The van der Waals surface area contributed by atoms with E-state index >= 15 is 0 Å². The number of hydrogen-bond donors (Lipinski definition) is 2. The minimum absolute atomic E-state index is 0.0234. The third-order valence-electron chi connectivity index (χ3n) is 9.51. The Morgan fingerprint density at radius 1 is 0.935 bits per heavy atom. The number of allylic oxidation sites excluding steroid dienone is 1. The predicted molar refractivity (Wildman–Crippen MR) is 164 cm³/mol. The SMILES string of the molecule is C/C=C(/C)C(=O)OC1C(C)=C2C(C1OC(=O)CCCCCCC)C(C)(OC(C)=O)CC(OC(=O)CCC)C1(O)C2OC(=O)C1(C)O. The fourth-order valence-corrected chi connectivity index (χ4v) is 6.90. The summed E-state index contributed by atoms with van der Waals surface area (Å²) in [5.41, 5.74) is -6.12. The van der Waals surface area contributed by atoms with E-state index in [1.54, 1.807) is 33.8 Å². The van der Waals surface area contributed by atoms with Crippen LogP contribution in [0.1, 0.15) is 113 Å². The van der Waals surface area contributed by atoms with Crippen molar-refractivity contribution in [2.45, 2.75) is 154 Å². The summed E-state index contributed by atoms with van der Waals surface area (Å²) in [6.07, 6.45) is 0.272. The number of carbonyl (C=O) groups excluding carboxylic acids is 5. The molecule has 0 aromatic heterocycles. The van der Waals surface area contributed by atoms with Gasteiger partial charge in [-0.3, -0.25) is 14.4 Å². The average molecular weight is 651 g/mol. The Bertz CT molecular complexity index is 1260. The van der Waals surface area contributed by atoms with E-state index < -0.39 is 83.4 Å². The van der Waals surface area contributed by atoms with E-state index in [2.05, 4.69) is 6.92 Å². The van der Waals surface area contributed by atoms with E-state index in [1.165, 1.54) is 13.8 Å². The number of hydrogen-bond acceptors (Lipinski definition) is 12. The minimum atomic E-state index is -2.57. The van der Waals surface area contributed by atoms with Crippen molar-refractivity contribution in [3.8, 4) is 0 Å².